The van der Waals surface area contributed by atoms with Crippen LogP contribution in [0.15, 0.2) is 34.2 Å². The third kappa shape index (κ3) is 3.13. The molecule has 1 heterocycles. The number of halogens is 1. The van der Waals surface area contributed by atoms with Gasteiger partial charge in [-0.25, -0.2) is 9.78 Å². The molecule has 0 saturated carbocycles. The quantitative estimate of drug-likeness (QED) is 0.865. The van der Waals surface area contributed by atoms with Crippen LogP contribution < -0.4 is 5.32 Å². The van der Waals surface area contributed by atoms with Crippen LogP contribution in [0, 0.1) is 6.92 Å². The molecule has 0 radical (unpaired) electrons. The first kappa shape index (κ1) is 14.0. The molecule has 100 valence electrons. The van der Waals surface area contributed by atoms with E-state index in [9.17, 15) is 4.79 Å². The van der Waals surface area contributed by atoms with E-state index in [1.807, 2.05) is 31.2 Å². The molecule has 0 saturated heterocycles. The number of esters is 1. The Kier molecular flexibility index (Phi) is 4.55. The number of para-hydroxylation sites is 1. The average molecular weight is 341 g/mol. The van der Waals surface area contributed by atoms with E-state index < -0.39 is 6.04 Å². The van der Waals surface area contributed by atoms with E-state index in [0.717, 1.165) is 20.7 Å². The number of ether oxygens (including phenoxy) is 1. The first-order valence-corrected chi connectivity index (χ1v) is 7.29. The van der Waals surface area contributed by atoms with E-state index >= 15 is 0 Å². The lowest BCUT2D eigenvalue weighted by molar-refractivity contribution is -0.141. The van der Waals surface area contributed by atoms with E-state index in [1.165, 1.54) is 18.4 Å². The highest BCUT2D eigenvalue weighted by molar-refractivity contribution is 9.10. The van der Waals surface area contributed by atoms with Gasteiger partial charge >= 0.3 is 5.97 Å². The lowest BCUT2D eigenvalue weighted by Crippen LogP contribution is -2.22. The van der Waals surface area contributed by atoms with Crippen LogP contribution in [0.3, 0.4) is 0 Å². The van der Waals surface area contributed by atoms with Gasteiger partial charge in [-0.3, -0.25) is 0 Å². The van der Waals surface area contributed by atoms with Gasteiger partial charge in [0.15, 0.2) is 6.04 Å². The SMILES string of the molecule is COC(=O)C(Nc1ccccc1Br)c1scnc1C. The summed E-state index contributed by atoms with van der Waals surface area (Å²) < 4.78 is 5.76. The van der Waals surface area contributed by atoms with Crippen molar-refractivity contribution in [2.75, 3.05) is 12.4 Å². The molecule has 0 aliphatic heterocycles. The van der Waals surface area contributed by atoms with E-state index in [-0.39, 0.29) is 5.97 Å². The number of methoxy groups -OCH3 is 1. The Morgan fingerprint density at radius 3 is 2.79 bits per heavy atom. The highest BCUT2D eigenvalue weighted by Gasteiger charge is 2.25. The highest BCUT2D eigenvalue weighted by Crippen LogP contribution is 2.30. The molecular weight excluding hydrogens is 328 g/mol. The van der Waals surface area contributed by atoms with Gasteiger partial charge in [-0.1, -0.05) is 12.1 Å². The molecule has 0 aliphatic carbocycles. The molecule has 6 heteroatoms. The zero-order valence-corrected chi connectivity index (χ0v) is 12.9. The van der Waals surface area contributed by atoms with Crippen LogP contribution in [0.4, 0.5) is 5.69 Å². The van der Waals surface area contributed by atoms with Crippen LogP contribution in [0.1, 0.15) is 16.6 Å². The van der Waals surface area contributed by atoms with Crippen molar-refractivity contribution in [2.45, 2.75) is 13.0 Å². The van der Waals surface area contributed by atoms with Crippen LogP contribution in [0.25, 0.3) is 0 Å². The molecule has 0 spiro atoms. The number of aromatic nitrogens is 1. The van der Waals surface area contributed by atoms with Crippen molar-refractivity contribution in [3.8, 4) is 0 Å². The summed E-state index contributed by atoms with van der Waals surface area (Å²) >= 11 is 4.89. The maximum absolute atomic E-state index is 12.0. The van der Waals surface area contributed by atoms with Gasteiger partial charge in [-0.15, -0.1) is 11.3 Å². The third-order valence-electron chi connectivity index (χ3n) is 2.66. The highest BCUT2D eigenvalue weighted by atomic mass is 79.9. The van der Waals surface area contributed by atoms with Gasteiger partial charge in [0.25, 0.3) is 0 Å². The first-order chi connectivity index (χ1) is 9.13. The van der Waals surface area contributed by atoms with Crippen molar-refractivity contribution in [2.24, 2.45) is 0 Å². The lowest BCUT2D eigenvalue weighted by atomic mass is 10.2. The largest absolute Gasteiger partial charge is 0.467 e. The third-order valence-corrected chi connectivity index (χ3v) is 4.34. The number of nitrogens with one attached hydrogen (secondary N) is 1. The van der Waals surface area contributed by atoms with Crippen LogP contribution >= 0.6 is 27.3 Å². The predicted octanol–water partition coefficient (Wildman–Crippen LogP) is 3.54. The Balaban J connectivity index is 2.33. The molecule has 0 bridgehead atoms. The molecule has 1 aromatic heterocycles. The minimum atomic E-state index is -0.545. The minimum Gasteiger partial charge on any atom is -0.467 e. The number of anilines is 1. The smallest absolute Gasteiger partial charge is 0.333 e. The summed E-state index contributed by atoms with van der Waals surface area (Å²) in [4.78, 5) is 17.0. The molecule has 19 heavy (non-hydrogen) atoms. The second-order valence-electron chi connectivity index (χ2n) is 3.88. The number of benzene rings is 1. The Labute approximate surface area is 124 Å². The Morgan fingerprint density at radius 2 is 2.21 bits per heavy atom. The number of nitrogens with zero attached hydrogens (tertiary/aromatic N) is 1. The summed E-state index contributed by atoms with van der Waals surface area (Å²) in [5, 5.41) is 3.19. The summed E-state index contributed by atoms with van der Waals surface area (Å²) in [5.74, 6) is -0.330. The van der Waals surface area contributed by atoms with Gasteiger partial charge in [-0.05, 0) is 35.0 Å². The summed E-state index contributed by atoms with van der Waals surface area (Å²) in [6.07, 6.45) is 0. The molecule has 2 aromatic rings. The number of hydrogen-bond acceptors (Lipinski definition) is 5. The normalized spacial score (nSPS) is 11.9. The van der Waals surface area contributed by atoms with Gasteiger partial charge in [0.2, 0.25) is 0 Å². The summed E-state index contributed by atoms with van der Waals surface area (Å²) in [6, 6.07) is 7.09. The molecule has 0 amide bonds. The number of hydrogen-bond donors (Lipinski definition) is 1. The van der Waals surface area contributed by atoms with Crippen molar-refractivity contribution in [3.05, 3.63) is 44.8 Å². The molecular formula is C13H13BrN2O2S. The minimum absolute atomic E-state index is 0.330. The fourth-order valence-electron chi connectivity index (χ4n) is 1.67. The van der Waals surface area contributed by atoms with Crippen LogP contribution in [0.2, 0.25) is 0 Å². The lowest BCUT2D eigenvalue weighted by Gasteiger charge is -2.17. The summed E-state index contributed by atoms with van der Waals surface area (Å²) in [7, 11) is 1.38. The predicted molar refractivity (Wildman–Crippen MR) is 79.4 cm³/mol. The van der Waals surface area contributed by atoms with Crippen LogP contribution in [-0.2, 0) is 9.53 Å². The van der Waals surface area contributed by atoms with Crippen molar-refractivity contribution in [1.29, 1.82) is 0 Å². The molecule has 4 nitrogen and oxygen atoms in total. The zero-order chi connectivity index (χ0) is 13.8. The monoisotopic (exact) mass is 340 g/mol. The van der Waals surface area contributed by atoms with Crippen molar-refractivity contribution in [1.82, 2.24) is 4.98 Å². The van der Waals surface area contributed by atoms with E-state index in [2.05, 4.69) is 26.2 Å². The molecule has 2 rings (SSSR count). The maximum Gasteiger partial charge on any atom is 0.333 e. The first-order valence-electron chi connectivity index (χ1n) is 5.62. The second-order valence-corrected chi connectivity index (χ2v) is 5.62. The summed E-state index contributed by atoms with van der Waals surface area (Å²) in [5.41, 5.74) is 3.40. The fourth-order valence-corrected chi connectivity index (χ4v) is 2.91. The molecule has 0 fully saturated rings. The van der Waals surface area contributed by atoms with Crippen molar-refractivity contribution >= 4 is 38.9 Å². The van der Waals surface area contributed by atoms with E-state index in [4.69, 9.17) is 4.74 Å². The van der Waals surface area contributed by atoms with Gasteiger partial charge in [0, 0.05) is 10.2 Å². The zero-order valence-electron chi connectivity index (χ0n) is 10.5. The van der Waals surface area contributed by atoms with Crippen molar-refractivity contribution < 1.29 is 9.53 Å². The standard InChI is InChI=1S/C13H13BrN2O2S/c1-8-12(19-7-15-8)11(13(17)18-2)16-10-6-4-3-5-9(10)14/h3-7,11,16H,1-2H3. The fraction of sp³-hybridized carbons (Fsp3) is 0.231. The summed E-state index contributed by atoms with van der Waals surface area (Å²) in [6.45, 7) is 1.88. The van der Waals surface area contributed by atoms with Gasteiger partial charge < -0.3 is 10.1 Å². The second kappa shape index (κ2) is 6.16. The topological polar surface area (TPSA) is 51.2 Å². The molecule has 1 N–H and O–H groups in total. The number of aryl methyl sites for hydroxylation is 1. The number of rotatable bonds is 4. The Bertz CT molecular complexity index is 586. The van der Waals surface area contributed by atoms with Crippen molar-refractivity contribution in [3.63, 3.8) is 0 Å². The molecule has 1 unspecified atom stereocenters. The number of thiazole rings is 1. The van der Waals surface area contributed by atoms with Crippen LogP contribution in [0.5, 0.6) is 0 Å². The molecule has 1 atom stereocenters. The number of carbonyl (C=O) groups is 1. The Morgan fingerprint density at radius 1 is 1.47 bits per heavy atom. The molecule has 0 aliphatic rings. The maximum atomic E-state index is 12.0. The van der Waals surface area contributed by atoms with E-state index in [0.29, 0.717) is 0 Å². The molecule has 1 aromatic carbocycles. The van der Waals surface area contributed by atoms with Gasteiger partial charge in [0.1, 0.15) is 0 Å². The van der Waals surface area contributed by atoms with Gasteiger partial charge in [-0.2, -0.15) is 0 Å². The Hall–Kier alpha value is -1.40. The van der Waals surface area contributed by atoms with E-state index in [1.54, 1.807) is 5.51 Å². The van der Waals surface area contributed by atoms with Gasteiger partial charge in [0.05, 0.1) is 23.2 Å². The average Bonchev–Trinajstić information content (AvgIpc) is 2.83. The number of carbonyl (C=O) groups excluding carboxylic acids is 1. The van der Waals surface area contributed by atoms with Crippen LogP contribution in [-0.4, -0.2) is 18.1 Å².